The zero-order valence-electron chi connectivity index (χ0n) is 22.2. The number of carbonyl (C=O) groups excluding carboxylic acids is 2. The molecule has 1 fully saturated rings. The smallest absolute Gasteiger partial charge is 0.272 e. The number of aromatic nitrogens is 2. The van der Waals surface area contributed by atoms with Crippen molar-refractivity contribution in [1.29, 1.82) is 0 Å². The fourth-order valence-corrected chi connectivity index (χ4v) is 4.77. The number of para-hydroxylation sites is 1. The Bertz CT molecular complexity index is 1270. The second-order valence-corrected chi connectivity index (χ2v) is 10.4. The predicted octanol–water partition coefficient (Wildman–Crippen LogP) is 4.19. The van der Waals surface area contributed by atoms with Crippen LogP contribution in [0, 0.1) is 0 Å². The highest BCUT2D eigenvalue weighted by molar-refractivity contribution is 6.07. The van der Waals surface area contributed by atoms with Gasteiger partial charge in [0, 0.05) is 57.8 Å². The molecule has 0 aliphatic carbocycles. The molecule has 4 rings (SSSR count). The fraction of sp³-hybridized carbons (Fsp3) is 0.464. The van der Waals surface area contributed by atoms with E-state index in [4.69, 9.17) is 4.74 Å². The molecular weight excluding hydrogens is 454 g/mol. The molecule has 0 atom stereocenters. The van der Waals surface area contributed by atoms with Crippen LogP contribution in [0.25, 0.3) is 10.9 Å². The second-order valence-electron chi connectivity index (χ2n) is 10.4. The predicted molar refractivity (Wildman–Crippen MR) is 143 cm³/mol. The third kappa shape index (κ3) is 5.23. The molecule has 2 amide bonds. The van der Waals surface area contributed by atoms with Crippen LogP contribution >= 0.6 is 0 Å². The van der Waals surface area contributed by atoms with Gasteiger partial charge in [0.25, 0.3) is 5.91 Å². The number of anilines is 1. The SMILES string of the molecule is CCC(=O)N1CCN(Cc2cccc3cc(C(=O)Nc4cc(C(C)(C)C)cnc4OC)n(C)c23)CC1. The van der Waals surface area contributed by atoms with Crippen molar-refractivity contribution in [1.82, 2.24) is 19.4 Å². The Morgan fingerprint density at radius 1 is 1.11 bits per heavy atom. The summed E-state index contributed by atoms with van der Waals surface area (Å²) in [5.74, 6) is 0.392. The molecule has 1 aliphatic heterocycles. The Balaban J connectivity index is 1.57. The van der Waals surface area contributed by atoms with Crippen molar-refractivity contribution in [2.24, 2.45) is 7.05 Å². The molecule has 0 saturated carbocycles. The molecule has 1 saturated heterocycles. The van der Waals surface area contributed by atoms with Gasteiger partial charge in [-0.3, -0.25) is 14.5 Å². The number of rotatable bonds is 6. The van der Waals surface area contributed by atoms with Gasteiger partial charge in [0.2, 0.25) is 11.8 Å². The number of nitrogens with one attached hydrogen (secondary N) is 1. The average molecular weight is 492 g/mol. The summed E-state index contributed by atoms with van der Waals surface area (Å²) >= 11 is 0. The lowest BCUT2D eigenvalue weighted by Crippen LogP contribution is -2.48. The Labute approximate surface area is 213 Å². The average Bonchev–Trinajstić information content (AvgIpc) is 3.21. The molecule has 8 heteroatoms. The number of hydrogen-bond acceptors (Lipinski definition) is 5. The molecule has 36 heavy (non-hydrogen) atoms. The summed E-state index contributed by atoms with van der Waals surface area (Å²) in [6.45, 7) is 12.2. The molecule has 1 aromatic carbocycles. The van der Waals surface area contributed by atoms with Gasteiger partial charge in [0.05, 0.1) is 12.6 Å². The summed E-state index contributed by atoms with van der Waals surface area (Å²) in [4.78, 5) is 34.1. The van der Waals surface area contributed by atoms with Crippen LogP contribution in [-0.2, 0) is 23.8 Å². The number of pyridine rings is 1. The summed E-state index contributed by atoms with van der Waals surface area (Å²) in [6.07, 6.45) is 2.34. The van der Waals surface area contributed by atoms with Crippen LogP contribution in [0.4, 0.5) is 5.69 Å². The Morgan fingerprint density at radius 3 is 2.47 bits per heavy atom. The van der Waals surface area contributed by atoms with Crippen LogP contribution in [0.1, 0.15) is 55.7 Å². The van der Waals surface area contributed by atoms with E-state index < -0.39 is 0 Å². The van der Waals surface area contributed by atoms with Crippen LogP contribution in [-0.4, -0.2) is 64.5 Å². The van der Waals surface area contributed by atoms with Crippen LogP contribution in [0.5, 0.6) is 5.88 Å². The lowest BCUT2D eigenvalue weighted by atomic mass is 9.88. The summed E-state index contributed by atoms with van der Waals surface area (Å²) in [6, 6.07) is 10.1. The number of benzene rings is 1. The summed E-state index contributed by atoms with van der Waals surface area (Å²) in [5.41, 5.74) is 4.24. The molecule has 2 aromatic heterocycles. The van der Waals surface area contributed by atoms with Gasteiger partial charge in [0.1, 0.15) is 11.4 Å². The number of aryl methyl sites for hydroxylation is 1. The molecule has 3 heterocycles. The van der Waals surface area contributed by atoms with Gasteiger partial charge in [-0.1, -0.05) is 45.9 Å². The maximum atomic E-state index is 13.4. The van der Waals surface area contributed by atoms with Crippen molar-refractivity contribution in [3.63, 3.8) is 0 Å². The van der Waals surface area contributed by atoms with Crippen molar-refractivity contribution in [2.45, 2.75) is 46.1 Å². The molecule has 0 bridgehead atoms. The van der Waals surface area contributed by atoms with Crippen LogP contribution in [0.15, 0.2) is 36.5 Å². The largest absolute Gasteiger partial charge is 0.480 e. The molecule has 192 valence electrons. The molecule has 1 aliphatic rings. The van der Waals surface area contributed by atoms with Crippen LogP contribution < -0.4 is 10.1 Å². The number of amides is 2. The number of ether oxygens (including phenoxy) is 1. The van der Waals surface area contributed by atoms with Crippen molar-refractivity contribution < 1.29 is 14.3 Å². The van der Waals surface area contributed by atoms with Gasteiger partial charge in [-0.25, -0.2) is 4.98 Å². The molecule has 3 aromatic rings. The minimum atomic E-state index is -0.211. The first-order valence-corrected chi connectivity index (χ1v) is 12.6. The first-order valence-electron chi connectivity index (χ1n) is 12.6. The lowest BCUT2D eigenvalue weighted by molar-refractivity contribution is -0.132. The van der Waals surface area contributed by atoms with E-state index in [9.17, 15) is 9.59 Å². The van der Waals surface area contributed by atoms with Crippen LogP contribution in [0.2, 0.25) is 0 Å². The van der Waals surface area contributed by atoms with Crippen molar-refractivity contribution in [3.05, 3.63) is 53.3 Å². The topological polar surface area (TPSA) is 79.7 Å². The van der Waals surface area contributed by atoms with E-state index in [1.807, 2.05) is 47.7 Å². The molecule has 0 spiro atoms. The van der Waals surface area contributed by atoms with Gasteiger partial charge < -0.3 is 19.5 Å². The van der Waals surface area contributed by atoms with E-state index in [0.717, 1.165) is 49.2 Å². The fourth-order valence-electron chi connectivity index (χ4n) is 4.77. The van der Waals surface area contributed by atoms with Crippen LogP contribution in [0.3, 0.4) is 0 Å². The van der Waals surface area contributed by atoms with E-state index in [1.165, 1.54) is 5.56 Å². The minimum absolute atomic E-state index is 0.109. The van der Waals surface area contributed by atoms with Gasteiger partial charge in [-0.15, -0.1) is 0 Å². The third-order valence-electron chi connectivity index (χ3n) is 6.95. The highest BCUT2D eigenvalue weighted by Crippen LogP contribution is 2.30. The zero-order valence-corrected chi connectivity index (χ0v) is 22.2. The third-order valence-corrected chi connectivity index (χ3v) is 6.95. The minimum Gasteiger partial charge on any atom is -0.480 e. The molecule has 8 nitrogen and oxygen atoms in total. The number of fused-ring (bicyclic) bond motifs is 1. The molecular formula is C28H37N5O3. The first kappa shape index (κ1) is 25.7. The van der Waals surface area contributed by atoms with Crippen molar-refractivity contribution in [2.75, 3.05) is 38.6 Å². The number of nitrogens with zero attached hydrogens (tertiary/aromatic N) is 4. The summed E-state index contributed by atoms with van der Waals surface area (Å²) < 4.78 is 7.37. The standard InChI is InChI=1S/C28H37N5O3/c1-7-24(34)33-13-11-32(12-14-33)18-20-10-8-9-19-15-23(31(5)25(19)20)26(35)30-22-16-21(28(2,3)4)17-29-27(22)36-6/h8-10,15-17H,7,11-14,18H2,1-6H3,(H,30,35). The molecule has 1 N–H and O–H groups in total. The maximum Gasteiger partial charge on any atom is 0.272 e. The summed E-state index contributed by atoms with van der Waals surface area (Å²) in [7, 11) is 3.48. The van der Waals surface area contributed by atoms with Gasteiger partial charge >= 0.3 is 0 Å². The Hall–Kier alpha value is -3.39. The van der Waals surface area contributed by atoms with E-state index in [1.54, 1.807) is 13.3 Å². The van der Waals surface area contributed by atoms with E-state index >= 15 is 0 Å². The Kier molecular flexibility index (Phi) is 7.36. The molecule has 0 unspecified atom stereocenters. The van der Waals surface area contributed by atoms with E-state index in [0.29, 0.717) is 23.7 Å². The number of hydrogen-bond donors (Lipinski definition) is 1. The monoisotopic (exact) mass is 491 g/mol. The van der Waals surface area contributed by atoms with E-state index in [2.05, 4.69) is 42.0 Å². The Morgan fingerprint density at radius 2 is 1.83 bits per heavy atom. The number of methoxy groups -OCH3 is 1. The highest BCUT2D eigenvalue weighted by atomic mass is 16.5. The quantitative estimate of drug-likeness (QED) is 0.560. The number of carbonyl (C=O) groups is 2. The normalized spacial score (nSPS) is 14.8. The number of piperazine rings is 1. The van der Waals surface area contributed by atoms with Crippen molar-refractivity contribution in [3.8, 4) is 5.88 Å². The molecule has 0 radical (unpaired) electrons. The summed E-state index contributed by atoms with van der Waals surface area (Å²) in [5, 5.41) is 4.04. The lowest BCUT2D eigenvalue weighted by Gasteiger charge is -2.34. The second kappa shape index (κ2) is 10.3. The van der Waals surface area contributed by atoms with Crippen molar-refractivity contribution >= 4 is 28.4 Å². The van der Waals surface area contributed by atoms with Gasteiger partial charge in [0.15, 0.2) is 0 Å². The zero-order chi connectivity index (χ0) is 26.0. The van der Waals surface area contributed by atoms with Gasteiger partial charge in [-0.05, 0) is 28.7 Å². The maximum absolute atomic E-state index is 13.4. The van der Waals surface area contributed by atoms with E-state index in [-0.39, 0.29) is 17.2 Å². The van der Waals surface area contributed by atoms with Gasteiger partial charge in [-0.2, -0.15) is 0 Å². The highest BCUT2D eigenvalue weighted by Gasteiger charge is 2.23. The first-order chi connectivity index (χ1) is 17.1.